The van der Waals surface area contributed by atoms with Crippen molar-refractivity contribution in [3.63, 3.8) is 0 Å². The summed E-state index contributed by atoms with van der Waals surface area (Å²) in [5.41, 5.74) is 45.7. The van der Waals surface area contributed by atoms with Gasteiger partial charge in [-0.25, -0.2) is 0 Å². The van der Waals surface area contributed by atoms with Gasteiger partial charge in [0.15, 0.2) is 0 Å². The zero-order chi connectivity index (χ0) is 15.4. The van der Waals surface area contributed by atoms with E-state index in [1.165, 1.54) is 0 Å². The van der Waals surface area contributed by atoms with Crippen LogP contribution in [-0.4, -0.2) is 0 Å². The summed E-state index contributed by atoms with van der Waals surface area (Å²) < 4.78 is 0. The molecule has 0 aromatic rings. The molecule has 0 aliphatic carbocycles. The van der Waals surface area contributed by atoms with Crippen molar-refractivity contribution in [3.05, 3.63) is 0 Å². The van der Waals surface area contributed by atoms with E-state index in [0.29, 0.717) is 0 Å². The van der Waals surface area contributed by atoms with Gasteiger partial charge >= 0.3 is 0 Å². The monoisotopic (exact) mass is 317 g/mol. The Morgan fingerprint density at radius 3 is 0.524 bits per heavy atom. The van der Waals surface area contributed by atoms with Gasteiger partial charge in [-0.3, -0.25) is 11.7 Å². The summed E-state index contributed by atoms with van der Waals surface area (Å²) in [4.78, 5) is 0. The van der Waals surface area contributed by atoms with E-state index in [1.807, 2.05) is 0 Å². The van der Waals surface area contributed by atoms with Crippen LogP contribution in [0.15, 0.2) is 0 Å². The van der Waals surface area contributed by atoms with E-state index in [1.54, 1.807) is 0 Å². The van der Waals surface area contributed by atoms with Gasteiger partial charge < -0.3 is 0 Å². The summed E-state index contributed by atoms with van der Waals surface area (Å²) in [5, 5.41) is 0. The molecule has 0 heterocycles. The fraction of sp³-hybridized carbons (Fsp3) is 0. The Hall–Kier alpha value is -0.840. The Bertz CT molecular complexity index is 143. The van der Waals surface area contributed by atoms with Crippen LogP contribution in [0.5, 0.6) is 0 Å². The zero-order valence-electron chi connectivity index (χ0n) is 10.7. The van der Waals surface area contributed by atoms with Gasteiger partial charge in [0, 0.05) is 0 Å². The van der Waals surface area contributed by atoms with Gasteiger partial charge in [-0.05, 0) is 0 Å². The lowest BCUT2D eigenvalue weighted by Crippen LogP contribution is -2.69. The maximum Gasteiger partial charge on any atom is -0.164 e. The molecule has 0 aliphatic heterocycles. The molecule has 0 aliphatic rings. The quantitative estimate of drug-likeness (QED) is 0.0633. The lowest BCUT2D eigenvalue weighted by molar-refractivity contribution is 0.195. The van der Waals surface area contributed by atoms with E-state index in [4.69, 9.17) is 11.7 Å². The summed E-state index contributed by atoms with van der Waals surface area (Å²) in [6.07, 6.45) is 0. The van der Waals surface area contributed by atoms with E-state index in [0.717, 1.165) is 0 Å². The molecule has 0 amide bonds. The fourth-order valence-electron chi connectivity index (χ4n) is 0.541. The molecule has 0 spiro atoms. The first-order valence-electron chi connectivity index (χ1n) is 5.08. The van der Waals surface area contributed by atoms with Gasteiger partial charge in [-0.2, -0.15) is 105 Å². The Kier molecular flexibility index (Phi) is 18.4. The number of hydrogen-bond acceptors (Lipinski definition) is 21. The first kappa shape index (κ1) is 20.2. The van der Waals surface area contributed by atoms with Crippen LogP contribution >= 0.6 is 0 Å². The summed E-state index contributed by atoms with van der Waals surface area (Å²) in [6, 6.07) is 0. The van der Waals surface area contributed by atoms with E-state index >= 15 is 0 Å². The standard InChI is InChI=1S/H23N21/c1-3-5-7-9-11-13-15-17-19-21-20-18-16-14-12-10-8-6-4-2/h3-21H,1-2H2. The van der Waals surface area contributed by atoms with E-state index in [2.05, 4.69) is 105 Å². The second-order valence-electron chi connectivity index (χ2n) is 2.41. The van der Waals surface area contributed by atoms with E-state index < -0.39 is 0 Å². The van der Waals surface area contributed by atoms with E-state index in [-0.39, 0.29) is 0 Å². The van der Waals surface area contributed by atoms with Crippen molar-refractivity contribution >= 4 is 0 Å². The molecular formula is H23N21. The average molecular weight is 317 g/mol. The fourth-order valence-corrected chi connectivity index (χ4v) is 0.541. The van der Waals surface area contributed by atoms with Gasteiger partial charge in [0.2, 0.25) is 0 Å². The Labute approximate surface area is 118 Å². The lowest BCUT2D eigenvalue weighted by Gasteiger charge is -2.14. The molecule has 21 heteroatoms. The van der Waals surface area contributed by atoms with Crippen LogP contribution < -0.4 is 117 Å². The van der Waals surface area contributed by atoms with Crippen molar-refractivity contribution < 1.29 is 0 Å². The van der Waals surface area contributed by atoms with Crippen LogP contribution in [-0.2, 0) is 0 Å². The minimum Gasteiger partial charge on any atom is -0.257 e. The van der Waals surface area contributed by atoms with Crippen molar-refractivity contribution in [1.82, 2.24) is 105 Å². The summed E-state index contributed by atoms with van der Waals surface area (Å²) in [6.45, 7) is 0. The normalized spacial score (nSPS) is 11.1. The molecule has 21 heavy (non-hydrogen) atoms. The SMILES string of the molecule is NNNNNNNNNNNNNNNNNNNNN. The molecule has 23 N–H and O–H groups in total. The van der Waals surface area contributed by atoms with Crippen LogP contribution in [0.4, 0.5) is 0 Å². The largest absolute Gasteiger partial charge is 0.257 e. The van der Waals surface area contributed by atoms with Crippen molar-refractivity contribution in [3.8, 4) is 0 Å². The number of hydrazine groups is 20. The smallest absolute Gasteiger partial charge is 0.164 e. The molecule has 0 saturated carbocycles. The third-order valence-corrected chi connectivity index (χ3v) is 1.14. The molecule has 0 saturated heterocycles. The second kappa shape index (κ2) is 19.2. The van der Waals surface area contributed by atoms with Gasteiger partial charge in [-0.1, -0.05) is 0 Å². The zero-order valence-corrected chi connectivity index (χ0v) is 10.7. The molecule has 0 unspecified atom stereocenters. The Morgan fingerprint density at radius 1 is 0.238 bits per heavy atom. The average Bonchev–Trinajstić information content (AvgIpc) is 2.50. The van der Waals surface area contributed by atoms with Gasteiger partial charge in [0.1, 0.15) is 0 Å². The van der Waals surface area contributed by atoms with Crippen LogP contribution in [0.2, 0.25) is 0 Å². The first-order chi connectivity index (χ1) is 10.4. The highest BCUT2D eigenvalue weighted by atomic mass is 16.0. The first-order valence-corrected chi connectivity index (χ1v) is 5.08. The van der Waals surface area contributed by atoms with Crippen molar-refractivity contribution in [2.75, 3.05) is 0 Å². The predicted octanol–water partition coefficient (Wildman–Crippen LogP) is -10.6. The van der Waals surface area contributed by atoms with E-state index in [9.17, 15) is 0 Å². The summed E-state index contributed by atoms with van der Waals surface area (Å²) >= 11 is 0. The molecule has 0 aromatic heterocycles. The van der Waals surface area contributed by atoms with Gasteiger partial charge in [-0.15, -0.1) is 0 Å². The molecule has 128 valence electrons. The number of nitrogens with two attached hydrogens (primary N) is 2. The highest BCUT2D eigenvalue weighted by Crippen LogP contribution is 1.28. The molecule has 0 bridgehead atoms. The number of hydrogen-bond donors (Lipinski definition) is 21. The topological polar surface area (TPSA) is 281 Å². The molecule has 0 radical (unpaired) electrons. The highest BCUT2D eigenvalue weighted by molar-refractivity contribution is 4.17. The van der Waals surface area contributed by atoms with Crippen molar-refractivity contribution in [1.29, 1.82) is 0 Å². The maximum atomic E-state index is 4.89. The molecule has 0 fully saturated rings. The highest BCUT2D eigenvalue weighted by Gasteiger charge is 1.83. The molecule has 0 aromatic carbocycles. The van der Waals surface area contributed by atoms with Crippen LogP contribution in [0.1, 0.15) is 0 Å². The Balaban J connectivity index is 2.90. The molecule has 0 atom stereocenters. The second-order valence-corrected chi connectivity index (χ2v) is 2.41. The van der Waals surface area contributed by atoms with Crippen LogP contribution in [0.25, 0.3) is 0 Å². The van der Waals surface area contributed by atoms with Crippen LogP contribution in [0.3, 0.4) is 0 Å². The minimum absolute atomic E-state index is 2.12. The summed E-state index contributed by atoms with van der Waals surface area (Å²) in [5.74, 6) is 9.79. The third kappa shape index (κ3) is 19.2. The molecule has 21 nitrogen and oxygen atoms in total. The molecular weight excluding hydrogens is 294 g/mol. The summed E-state index contributed by atoms with van der Waals surface area (Å²) in [7, 11) is 0. The van der Waals surface area contributed by atoms with Gasteiger partial charge in [0.05, 0.1) is 0 Å². The lowest BCUT2D eigenvalue weighted by atomic mass is 12.0. The maximum absolute atomic E-state index is 4.89. The molecule has 0 rings (SSSR count). The predicted molar refractivity (Wildman–Crippen MR) is 68.0 cm³/mol. The third-order valence-electron chi connectivity index (χ3n) is 1.14. The van der Waals surface area contributed by atoms with Crippen LogP contribution in [0, 0.1) is 0 Å². The minimum atomic E-state index is 2.12. The number of nitrogens with one attached hydrogen (secondary N) is 19. The van der Waals surface area contributed by atoms with Gasteiger partial charge in [0.25, 0.3) is 0 Å². The Morgan fingerprint density at radius 2 is 0.381 bits per heavy atom. The number of rotatable bonds is 18. The van der Waals surface area contributed by atoms with Crippen molar-refractivity contribution in [2.24, 2.45) is 11.7 Å². The van der Waals surface area contributed by atoms with Crippen molar-refractivity contribution in [2.45, 2.75) is 0 Å².